The highest BCUT2D eigenvalue weighted by atomic mass is 32.2. The summed E-state index contributed by atoms with van der Waals surface area (Å²) < 4.78 is 0. The van der Waals surface area contributed by atoms with E-state index in [-0.39, 0.29) is 5.12 Å². The van der Waals surface area contributed by atoms with Gasteiger partial charge >= 0.3 is 0 Å². The summed E-state index contributed by atoms with van der Waals surface area (Å²) in [5.41, 5.74) is 0. The Labute approximate surface area is 132 Å². The Morgan fingerprint density at radius 3 is 2.62 bits per heavy atom. The molecule has 0 saturated heterocycles. The van der Waals surface area contributed by atoms with E-state index in [1.165, 1.54) is 19.3 Å². The molecule has 0 radical (unpaired) electrons. The van der Waals surface area contributed by atoms with Gasteiger partial charge in [-0.2, -0.15) is 0 Å². The Balaban J connectivity index is 2.37. The Bertz CT molecular complexity index is 473. The molecule has 0 heterocycles. The average molecular weight is 304 g/mol. The lowest BCUT2D eigenvalue weighted by Gasteiger charge is -2.11. The van der Waals surface area contributed by atoms with Crippen LogP contribution in [-0.2, 0) is 4.79 Å². The van der Waals surface area contributed by atoms with Crippen LogP contribution in [0.5, 0.6) is 0 Å². The third kappa shape index (κ3) is 7.36. The van der Waals surface area contributed by atoms with Gasteiger partial charge in [0.25, 0.3) is 0 Å². The van der Waals surface area contributed by atoms with Gasteiger partial charge in [0.05, 0.1) is 5.92 Å². The van der Waals surface area contributed by atoms with Gasteiger partial charge in [-0.3, -0.25) is 4.79 Å². The number of carbonyl (C=O) groups is 1. The number of carbonyl (C=O) groups excluding carboxylic acids is 1. The van der Waals surface area contributed by atoms with Crippen molar-refractivity contribution in [2.24, 2.45) is 5.92 Å². The maximum atomic E-state index is 12.1. The van der Waals surface area contributed by atoms with Crippen molar-refractivity contribution in [3.63, 3.8) is 0 Å². The van der Waals surface area contributed by atoms with Crippen molar-refractivity contribution in [3.05, 3.63) is 30.3 Å². The zero-order valence-corrected chi connectivity index (χ0v) is 13.7. The molecule has 2 nitrogen and oxygen atoms in total. The highest BCUT2D eigenvalue weighted by molar-refractivity contribution is 8.13. The molecule has 0 saturated carbocycles. The first kappa shape index (κ1) is 17.8. The van der Waals surface area contributed by atoms with Gasteiger partial charge in [0.2, 0.25) is 0 Å². The predicted octanol–water partition coefficient (Wildman–Crippen LogP) is 4.28. The lowest BCUT2D eigenvalue weighted by molar-refractivity contribution is -0.115. The number of unbranched alkanes of at least 4 members (excludes halogenated alkanes) is 4. The first-order valence-electron chi connectivity index (χ1n) is 7.58. The third-order valence-corrected chi connectivity index (χ3v) is 4.29. The summed E-state index contributed by atoms with van der Waals surface area (Å²) >= 11 is 1.16. The van der Waals surface area contributed by atoms with Gasteiger partial charge in [0.1, 0.15) is 6.10 Å². The largest absolute Gasteiger partial charge is 0.380 e. The number of thioether (sulfide) groups is 1. The van der Waals surface area contributed by atoms with Crippen LogP contribution in [-0.4, -0.2) is 16.3 Å². The smallest absolute Gasteiger partial charge is 0.200 e. The molecule has 0 aliphatic heterocycles. The summed E-state index contributed by atoms with van der Waals surface area (Å²) in [5, 5.41) is 9.91. The van der Waals surface area contributed by atoms with Crippen molar-refractivity contribution in [2.75, 3.05) is 0 Å². The molecule has 0 aliphatic rings. The minimum atomic E-state index is -0.875. The molecule has 1 aromatic rings. The van der Waals surface area contributed by atoms with Crippen LogP contribution in [0.3, 0.4) is 0 Å². The number of aliphatic hydroxyl groups excluding tert-OH is 1. The Hall–Kier alpha value is -1.24. The second-order valence-electron chi connectivity index (χ2n) is 5.10. The van der Waals surface area contributed by atoms with Gasteiger partial charge in [-0.05, 0) is 18.6 Å². The Kier molecular flexibility index (Phi) is 8.89. The van der Waals surface area contributed by atoms with Gasteiger partial charge in [-0.15, -0.1) is 5.92 Å². The van der Waals surface area contributed by atoms with Crippen LogP contribution in [0.15, 0.2) is 35.2 Å². The molecular formula is C18H24O2S. The highest BCUT2D eigenvalue weighted by Crippen LogP contribution is 2.23. The quantitative estimate of drug-likeness (QED) is 0.464. The lowest BCUT2D eigenvalue weighted by atomic mass is 10.1. The molecular weight excluding hydrogens is 280 g/mol. The van der Waals surface area contributed by atoms with Gasteiger partial charge in [0, 0.05) is 11.3 Å². The molecule has 1 N–H and O–H groups in total. The molecule has 0 unspecified atom stereocenters. The van der Waals surface area contributed by atoms with E-state index in [4.69, 9.17) is 0 Å². The van der Waals surface area contributed by atoms with Crippen molar-refractivity contribution < 1.29 is 9.90 Å². The summed E-state index contributed by atoms with van der Waals surface area (Å²) in [6.45, 7) is 3.90. The Morgan fingerprint density at radius 1 is 1.24 bits per heavy atom. The summed E-state index contributed by atoms with van der Waals surface area (Å²) in [6, 6.07) is 9.48. The first-order valence-corrected chi connectivity index (χ1v) is 8.40. The van der Waals surface area contributed by atoms with Crippen molar-refractivity contribution in [1.29, 1.82) is 0 Å². The fraction of sp³-hybridized carbons (Fsp3) is 0.500. The molecule has 0 bridgehead atoms. The minimum absolute atomic E-state index is 0.0472. The van der Waals surface area contributed by atoms with E-state index in [0.29, 0.717) is 0 Å². The second-order valence-corrected chi connectivity index (χ2v) is 6.18. The van der Waals surface area contributed by atoms with E-state index in [9.17, 15) is 9.90 Å². The standard InChI is InChI=1S/C18H24O2S/c1-3-4-5-6-7-11-14-17(19)15(2)18(20)21-16-12-9-8-10-13-16/h8-10,12-13,15,17,19H,3-7H2,1-2H3/t15-,17+/m0/s1. The molecule has 0 amide bonds. The van der Waals surface area contributed by atoms with Crippen LogP contribution in [0.4, 0.5) is 0 Å². The monoisotopic (exact) mass is 304 g/mol. The van der Waals surface area contributed by atoms with Crippen LogP contribution < -0.4 is 0 Å². The summed E-state index contributed by atoms with van der Waals surface area (Å²) in [5.74, 6) is 5.31. The molecule has 21 heavy (non-hydrogen) atoms. The van der Waals surface area contributed by atoms with E-state index in [1.54, 1.807) is 6.92 Å². The van der Waals surface area contributed by atoms with E-state index in [0.717, 1.165) is 29.5 Å². The molecule has 0 aliphatic carbocycles. The molecule has 1 aromatic carbocycles. The fourth-order valence-corrected chi connectivity index (χ4v) is 2.61. The van der Waals surface area contributed by atoms with E-state index in [2.05, 4.69) is 18.8 Å². The van der Waals surface area contributed by atoms with Crippen LogP contribution in [0.1, 0.15) is 46.0 Å². The van der Waals surface area contributed by atoms with Crippen molar-refractivity contribution in [1.82, 2.24) is 0 Å². The van der Waals surface area contributed by atoms with Crippen LogP contribution in [0.25, 0.3) is 0 Å². The summed E-state index contributed by atoms with van der Waals surface area (Å²) in [7, 11) is 0. The van der Waals surface area contributed by atoms with Gasteiger partial charge in [-0.1, -0.05) is 69.0 Å². The maximum absolute atomic E-state index is 12.1. The lowest BCUT2D eigenvalue weighted by Crippen LogP contribution is -2.22. The van der Waals surface area contributed by atoms with Crippen LogP contribution >= 0.6 is 11.8 Å². The van der Waals surface area contributed by atoms with Crippen molar-refractivity contribution in [2.45, 2.75) is 57.0 Å². The molecule has 2 atom stereocenters. The predicted molar refractivity (Wildman–Crippen MR) is 89.0 cm³/mol. The highest BCUT2D eigenvalue weighted by Gasteiger charge is 2.21. The van der Waals surface area contributed by atoms with Crippen molar-refractivity contribution in [3.8, 4) is 11.8 Å². The van der Waals surface area contributed by atoms with E-state index < -0.39 is 12.0 Å². The molecule has 0 spiro atoms. The number of rotatable bonds is 7. The molecule has 1 rings (SSSR count). The first-order chi connectivity index (χ1) is 10.1. The third-order valence-electron chi connectivity index (χ3n) is 3.21. The van der Waals surface area contributed by atoms with Gasteiger partial charge in [-0.25, -0.2) is 0 Å². The summed E-state index contributed by atoms with van der Waals surface area (Å²) in [4.78, 5) is 13.0. The zero-order valence-electron chi connectivity index (χ0n) is 12.8. The SMILES string of the molecule is CCCCCCC#C[C@@H](O)[C@H](C)C(=O)Sc1ccccc1. The van der Waals surface area contributed by atoms with Crippen LogP contribution in [0.2, 0.25) is 0 Å². The minimum Gasteiger partial charge on any atom is -0.380 e. The Morgan fingerprint density at radius 2 is 1.95 bits per heavy atom. The number of hydrogen-bond acceptors (Lipinski definition) is 3. The van der Waals surface area contributed by atoms with Gasteiger partial charge in [0.15, 0.2) is 5.12 Å². The summed E-state index contributed by atoms with van der Waals surface area (Å²) in [6.07, 6.45) is 4.60. The number of benzene rings is 1. The average Bonchev–Trinajstić information content (AvgIpc) is 2.50. The topological polar surface area (TPSA) is 37.3 Å². The molecule has 0 fully saturated rings. The van der Waals surface area contributed by atoms with E-state index in [1.807, 2.05) is 30.3 Å². The second kappa shape index (κ2) is 10.5. The molecule has 3 heteroatoms. The van der Waals surface area contributed by atoms with Gasteiger partial charge < -0.3 is 5.11 Å². The maximum Gasteiger partial charge on any atom is 0.200 e. The number of aliphatic hydroxyl groups is 1. The van der Waals surface area contributed by atoms with Crippen LogP contribution in [0, 0.1) is 17.8 Å². The zero-order chi connectivity index (χ0) is 15.5. The number of hydrogen-bond donors (Lipinski definition) is 1. The van der Waals surface area contributed by atoms with Crippen molar-refractivity contribution >= 4 is 16.9 Å². The molecule has 0 aromatic heterocycles. The normalized spacial score (nSPS) is 13.1. The van der Waals surface area contributed by atoms with E-state index >= 15 is 0 Å². The fourth-order valence-electron chi connectivity index (χ4n) is 1.77. The molecule has 114 valence electrons.